The number of nitrogens with one attached hydrogen (secondary N) is 1. The van der Waals surface area contributed by atoms with E-state index in [1.165, 1.54) is 11.1 Å². The number of hydrogen-bond acceptors (Lipinski definition) is 3. The van der Waals surface area contributed by atoms with Gasteiger partial charge >= 0.3 is 0 Å². The van der Waals surface area contributed by atoms with Crippen molar-refractivity contribution in [3.05, 3.63) is 53.6 Å². The largest absolute Gasteiger partial charge is 0.491 e. The third-order valence-corrected chi connectivity index (χ3v) is 2.97. The number of para-hydroxylation sites is 2. The average Bonchev–Trinajstić information content (AvgIpc) is 2.38. The van der Waals surface area contributed by atoms with Crippen molar-refractivity contribution in [2.45, 2.75) is 13.8 Å². The van der Waals surface area contributed by atoms with E-state index < -0.39 is 0 Å². The van der Waals surface area contributed by atoms with Gasteiger partial charge in [-0.05, 0) is 37.6 Å². The molecular formula is C16H20N2O. The van der Waals surface area contributed by atoms with E-state index in [0.29, 0.717) is 6.61 Å². The van der Waals surface area contributed by atoms with E-state index in [1.54, 1.807) is 0 Å². The maximum absolute atomic E-state index is 5.85. The lowest BCUT2D eigenvalue weighted by molar-refractivity contribution is 0.330. The maximum atomic E-state index is 5.85. The maximum Gasteiger partial charge on any atom is 0.122 e. The lowest BCUT2D eigenvalue weighted by atomic mass is 10.1. The first-order valence-corrected chi connectivity index (χ1v) is 6.45. The second-order valence-corrected chi connectivity index (χ2v) is 4.63. The molecule has 3 N–H and O–H groups in total. The van der Waals surface area contributed by atoms with Crippen LogP contribution in [0, 0.1) is 13.8 Å². The Balaban J connectivity index is 1.83. The molecule has 0 aliphatic heterocycles. The Kier molecular flexibility index (Phi) is 4.29. The van der Waals surface area contributed by atoms with Crippen LogP contribution in [-0.4, -0.2) is 13.2 Å². The van der Waals surface area contributed by atoms with E-state index in [1.807, 2.05) is 30.3 Å². The van der Waals surface area contributed by atoms with E-state index in [2.05, 4.69) is 31.3 Å². The van der Waals surface area contributed by atoms with Crippen molar-refractivity contribution in [3.8, 4) is 5.75 Å². The second kappa shape index (κ2) is 6.14. The molecule has 0 amide bonds. The van der Waals surface area contributed by atoms with E-state index in [9.17, 15) is 0 Å². The summed E-state index contributed by atoms with van der Waals surface area (Å²) >= 11 is 0. The van der Waals surface area contributed by atoms with Crippen molar-refractivity contribution in [2.75, 3.05) is 24.2 Å². The lowest BCUT2D eigenvalue weighted by Crippen LogP contribution is -2.12. The Morgan fingerprint density at radius 3 is 2.63 bits per heavy atom. The van der Waals surface area contributed by atoms with Gasteiger partial charge in [0.15, 0.2) is 0 Å². The van der Waals surface area contributed by atoms with Crippen molar-refractivity contribution < 1.29 is 4.74 Å². The summed E-state index contributed by atoms with van der Waals surface area (Å²) < 4.78 is 5.75. The van der Waals surface area contributed by atoms with Gasteiger partial charge in [-0.3, -0.25) is 0 Å². The first-order chi connectivity index (χ1) is 9.16. The molecule has 0 spiro atoms. The summed E-state index contributed by atoms with van der Waals surface area (Å²) in [5, 5.41) is 3.26. The molecule has 0 radical (unpaired) electrons. The predicted octanol–water partition coefficient (Wildman–Crippen LogP) is 3.38. The summed E-state index contributed by atoms with van der Waals surface area (Å²) in [6, 6.07) is 13.9. The van der Waals surface area contributed by atoms with Crippen LogP contribution in [0.3, 0.4) is 0 Å². The molecule has 19 heavy (non-hydrogen) atoms. The molecule has 2 rings (SSSR count). The highest BCUT2D eigenvalue weighted by Crippen LogP contribution is 2.19. The summed E-state index contributed by atoms with van der Waals surface area (Å²) in [4.78, 5) is 0. The van der Waals surface area contributed by atoms with Gasteiger partial charge in [0.25, 0.3) is 0 Å². The molecule has 2 aromatic carbocycles. The first kappa shape index (κ1) is 13.3. The number of aryl methyl sites for hydroxylation is 2. The van der Waals surface area contributed by atoms with Crippen LogP contribution in [-0.2, 0) is 0 Å². The molecule has 2 aromatic rings. The molecule has 3 heteroatoms. The van der Waals surface area contributed by atoms with Crippen molar-refractivity contribution in [2.24, 2.45) is 0 Å². The molecule has 0 bridgehead atoms. The zero-order valence-corrected chi connectivity index (χ0v) is 11.4. The van der Waals surface area contributed by atoms with Crippen molar-refractivity contribution in [3.63, 3.8) is 0 Å². The van der Waals surface area contributed by atoms with Gasteiger partial charge in [-0.15, -0.1) is 0 Å². The number of benzene rings is 2. The topological polar surface area (TPSA) is 47.3 Å². The fraction of sp³-hybridized carbons (Fsp3) is 0.250. The quantitative estimate of drug-likeness (QED) is 0.637. The highest BCUT2D eigenvalue weighted by molar-refractivity contribution is 5.65. The lowest BCUT2D eigenvalue weighted by Gasteiger charge is -2.12. The summed E-state index contributed by atoms with van der Waals surface area (Å²) in [6.07, 6.45) is 0. The van der Waals surface area contributed by atoms with Crippen LogP contribution in [0.15, 0.2) is 42.5 Å². The van der Waals surface area contributed by atoms with Gasteiger partial charge < -0.3 is 15.8 Å². The molecular weight excluding hydrogens is 236 g/mol. The summed E-state index contributed by atoms with van der Waals surface area (Å²) in [5.41, 5.74) is 9.98. The van der Waals surface area contributed by atoms with Crippen LogP contribution in [0.5, 0.6) is 5.75 Å². The molecule has 0 heterocycles. The fourth-order valence-electron chi connectivity index (χ4n) is 1.97. The number of anilines is 2. The molecule has 0 aliphatic carbocycles. The summed E-state index contributed by atoms with van der Waals surface area (Å²) in [6.45, 7) is 5.47. The van der Waals surface area contributed by atoms with Crippen molar-refractivity contribution in [1.82, 2.24) is 0 Å². The molecule has 100 valence electrons. The number of rotatable bonds is 5. The van der Waals surface area contributed by atoms with Gasteiger partial charge in [0, 0.05) is 6.54 Å². The Bertz CT molecular complexity index is 552. The smallest absolute Gasteiger partial charge is 0.122 e. The fourth-order valence-corrected chi connectivity index (χ4v) is 1.97. The molecule has 0 unspecified atom stereocenters. The second-order valence-electron chi connectivity index (χ2n) is 4.63. The van der Waals surface area contributed by atoms with Gasteiger partial charge in [0.2, 0.25) is 0 Å². The minimum absolute atomic E-state index is 0.609. The predicted molar refractivity (Wildman–Crippen MR) is 80.8 cm³/mol. The Morgan fingerprint density at radius 1 is 1.11 bits per heavy atom. The number of nitrogen functional groups attached to an aromatic ring is 1. The highest BCUT2D eigenvalue weighted by atomic mass is 16.5. The SMILES string of the molecule is Cc1ccc(OCCNc2ccccc2N)c(C)c1. The number of ether oxygens (including phenoxy) is 1. The standard InChI is InChI=1S/C16H20N2O/c1-12-7-8-16(13(2)11-12)19-10-9-18-15-6-4-3-5-14(15)17/h3-8,11,18H,9-10,17H2,1-2H3. The van der Waals surface area contributed by atoms with Crippen LogP contribution in [0.1, 0.15) is 11.1 Å². The monoisotopic (exact) mass is 256 g/mol. The van der Waals surface area contributed by atoms with E-state index in [4.69, 9.17) is 10.5 Å². The summed E-state index contributed by atoms with van der Waals surface area (Å²) in [7, 11) is 0. The normalized spacial score (nSPS) is 10.2. The molecule has 0 aromatic heterocycles. The molecule has 0 saturated carbocycles. The van der Waals surface area contributed by atoms with Gasteiger partial charge in [0.1, 0.15) is 12.4 Å². The molecule has 0 atom stereocenters. The third kappa shape index (κ3) is 3.65. The Hall–Kier alpha value is -2.16. The van der Waals surface area contributed by atoms with E-state index in [-0.39, 0.29) is 0 Å². The van der Waals surface area contributed by atoms with Crippen LogP contribution in [0.4, 0.5) is 11.4 Å². The molecule has 0 aliphatic rings. The third-order valence-electron chi connectivity index (χ3n) is 2.97. The van der Waals surface area contributed by atoms with Crippen LogP contribution in [0.2, 0.25) is 0 Å². The van der Waals surface area contributed by atoms with E-state index in [0.717, 1.165) is 23.7 Å². The van der Waals surface area contributed by atoms with Gasteiger partial charge in [0.05, 0.1) is 11.4 Å². The number of nitrogens with two attached hydrogens (primary N) is 1. The summed E-state index contributed by atoms with van der Waals surface area (Å²) in [5.74, 6) is 0.938. The molecule has 0 saturated heterocycles. The molecule has 0 fully saturated rings. The zero-order chi connectivity index (χ0) is 13.7. The zero-order valence-electron chi connectivity index (χ0n) is 11.4. The van der Waals surface area contributed by atoms with Crippen LogP contribution >= 0.6 is 0 Å². The average molecular weight is 256 g/mol. The van der Waals surface area contributed by atoms with Gasteiger partial charge in [-0.2, -0.15) is 0 Å². The van der Waals surface area contributed by atoms with E-state index >= 15 is 0 Å². The molecule has 3 nitrogen and oxygen atoms in total. The Morgan fingerprint density at radius 2 is 1.89 bits per heavy atom. The number of hydrogen-bond donors (Lipinski definition) is 2. The van der Waals surface area contributed by atoms with Crippen LogP contribution < -0.4 is 15.8 Å². The van der Waals surface area contributed by atoms with Gasteiger partial charge in [-0.1, -0.05) is 29.8 Å². The van der Waals surface area contributed by atoms with Crippen molar-refractivity contribution >= 4 is 11.4 Å². The minimum Gasteiger partial charge on any atom is -0.491 e. The highest BCUT2D eigenvalue weighted by Gasteiger charge is 2.00. The Labute approximate surface area is 114 Å². The first-order valence-electron chi connectivity index (χ1n) is 6.45. The minimum atomic E-state index is 0.609. The van der Waals surface area contributed by atoms with Crippen LogP contribution in [0.25, 0.3) is 0 Å². The van der Waals surface area contributed by atoms with Gasteiger partial charge in [-0.25, -0.2) is 0 Å². The van der Waals surface area contributed by atoms with Crippen molar-refractivity contribution in [1.29, 1.82) is 0 Å².